The topological polar surface area (TPSA) is 57.5 Å². The molecule has 1 aliphatic heterocycles. The fourth-order valence-corrected chi connectivity index (χ4v) is 13.9. The molecule has 0 unspecified atom stereocenters. The Balaban J connectivity index is 0.912. The lowest BCUT2D eigenvalue weighted by molar-refractivity contribution is 0.525. The Morgan fingerprint density at radius 1 is 0.303 bits per heavy atom. The minimum atomic E-state index is -0.793. The molecule has 1 spiro atoms. The van der Waals surface area contributed by atoms with Crippen LogP contribution in [0.4, 0.5) is 17.1 Å². The number of benzene rings is 10. The highest BCUT2D eigenvalue weighted by atomic mass is 16.4. The van der Waals surface area contributed by atoms with Crippen LogP contribution in [0.25, 0.3) is 116 Å². The van der Waals surface area contributed by atoms with Gasteiger partial charge in [0.15, 0.2) is 11.5 Å². The highest BCUT2D eigenvalue weighted by Crippen LogP contribution is 2.66. The van der Waals surface area contributed by atoms with E-state index in [1.807, 2.05) is 12.5 Å². The number of fused-ring (bicyclic) bond motifs is 22. The van der Waals surface area contributed by atoms with Crippen molar-refractivity contribution in [3.8, 4) is 28.6 Å². The van der Waals surface area contributed by atoms with E-state index in [2.05, 4.69) is 249 Å². The summed E-state index contributed by atoms with van der Waals surface area (Å²) < 4.78 is 26.8. The van der Waals surface area contributed by atoms with Gasteiger partial charge in [-0.3, -0.25) is 0 Å². The monoisotopic (exact) mass is 972 g/mol. The van der Waals surface area contributed by atoms with E-state index in [-0.39, 0.29) is 0 Å². The van der Waals surface area contributed by atoms with E-state index < -0.39 is 5.41 Å². The van der Waals surface area contributed by atoms with Gasteiger partial charge >= 0.3 is 0 Å². The summed E-state index contributed by atoms with van der Waals surface area (Å²) >= 11 is 0. The number of rotatable bonds is 4. The summed E-state index contributed by atoms with van der Waals surface area (Å²) in [7, 11) is 0. The first-order valence-corrected chi connectivity index (χ1v) is 25.9. The van der Waals surface area contributed by atoms with Crippen LogP contribution >= 0.6 is 0 Å². The van der Waals surface area contributed by atoms with Gasteiger partial charge in [0, 0.05) is 82.5 Å². The summed E-state index contributed by atoms with van der Waals surface area (Å²) in [6, 6.07) is 83.9. The number of hydrogen-bond donors (Lipinski definition) is 0. The molecule has 0 fully saturated rings. The van der Waals surface area contributed by atoms with Crippen molar-refractivity contribution in [3.05, 3.63) is 265 Å². The number of aromatic nitrogens is 3. The molecular formula is C69H40N4O3. The molecule has 7 heterocycles. The first-order chi connectivity index (χ1) is 37.7. The molecule has 2 aliphatic rings. The maximum Gasteiger partial charge on any atom is 0.174 e. The van der Waals surface area contributed by atoms with Crippen LogP contribution in [0, 0.1) is 0 Å². The molecule has 6 aromatic heterocycles. The molecule has 18 rings (SSSR count). The molecule has 10 aromatic carbocycles. The van der Waals surface area contributed by atoms with Crippen LogP contribution < -0.4 is 4.90 Å². The van der Waals surface area contributed by atoms with Crippen molar-refractivity contribution in [3.63, 3.8) is 0 Å². The van der Waals surface area contributed by atoms with Gasteiger partial charge < -0.3 is 31.9 Å². The molecule has 0 saturated carbocycles. The minimum absolute atomic E-state index is 0.764. The van der Waals surface area contributed by atoms with E-state index in [9.17, 15) is 0 Å². The van der Waals surface area contributed by atoms with Crippen molar-refractivity contribution in [2.24, 2.45) is 0 Å². The van der Waals surface area contributed by atoms with Crippen LogP contribution in [0.2, 0.25) is 0 Å². The summed E-state index contributed by atoms with van der Waals surface area (Å²) in [5.41, 5.74) is 18.8. The Labute approximate surface area is 433 Å². The molecule has 0 bridgehead atoms. The molecule has 0 saturated heterocycles. The molecular weight excluding hydrogens is 933 g/mol. The SMILES string of the molecule is c1ccc(-n2c3ccccc3c3cc(-n4c5ccccc5c5c6c(ccc54)N(c4ccc5oc7ccc(-n8c9ccccc9c9ccccc98)cc7c5c4)c4ccccc4C64c5ccoc5-c5occc54)ccc32)cc1. The molecule has 16 aromatic rings. The second-order valence-corrected chi connectivity index (χ2v) is 20.4. The first-order valence-electron chi connectivity index (χ1n) is 25.9. The van der Waals surface area contributed by atoms with Crippen molar-refractivity contribution in [2.75, 3.05) is 4.90 Å². The van der Waals surface area contributed by atoms with Crippen LogP contribution in [-0.2, 0) is 5.41 Å². The molecule has 0 atom stereocenters. The highest BCUT2D eigenvalue weighted by Gasteiger charge is 2.56. The Hall–Kier alpha value is -10.2. The normalized spacial score (nSPS) is 13.6. The Bertz CT molecular complexity index is 5060. The summed E-state index contributed by atoms with van der Waals surface area (Å²) in [6.07, 6.45) is 3.64. The van der Waals surface area contributed by atoms with Gasteiger partial charge in [-0.25, -0.2) is 0 Å². The van der Waals surface area contributed by atoms with Gasteiger partial charge in [0.2, 0.25) is 0 Å². The smallest absolute Gasteiger partial charge is 0.174 e. The molecule has 7 nitrogen and oxygen atoms in total. The molecule has 1 aliphatic carbocycles. The van der Waals surface area contributed by atoms with Crippen molar-refractivity contribution >= 4 is 104 Å². The predicted octanol–water partition coefficient (Wildman–Crippen LogP) is 18.2. The quantitative estimate of drug-likeness (QED) is 0.176. The first kappa shape index (κ1) is 40.3. The molecule has 0 amide bonds. The number of nitrogens with zero attached hydrogens (tertiary/aromatic N) is 4. The summed E-state index contributed by atoms with van der Waals surface area (Å²) in [4.78, 5) is 2.47. The van der Waals surface area contributed by atoms with Gasteiger partial charge in [0.25, 0.3) is 0 Å². The van der Waals surface area contributed by atoms with Crippen LogP contribution in [0.5, 0.6) is 0 Å². The zero-order chi connectivity index (χ0) is 49.4. The number of para-hydroxylation sites is 6. The maximum atomic E-state index is 6.69. The number of furan rings is 3. The molecule has 76 heavy (non-hydrogen) atoms. The molecule has 0 radical (unpaired) electrons. The lowest BCUT2D eigenvalue weighted by Gasteiger charge is -2.44. The average Bonchev–Trinajstić information content (AvgIpc) is 4.52. The van der Waals surface area contributed by atoms with Crippen molar-refractivity contribution in [2.45, 2.75) is 5.41 Å². The van der Waals surface area contributed by atoms with Crippen LogP contribution in [0.3, 0.4) is 0 Å². The van der Waals surface area contributed by atoms with Crippen LogP contribution in [0.1, 0.15) is 22.3 Å². The molecule has 7 heteroatoms. The summed E-state index contributed by atoms with van der Waals surface area (Å²) in [5, 5.41) is 9.31. The van der Waals surface area contributed by atoms with E-state index in [0.29, 0.717) is 0 Å². The third kappa shape index (κ3) is 4.97. The number of hydrogen-bond acceptors (Lipinski definition) is 4. The van der Waals surface area contributed by atoms with Gasteiger partial charge in [-0.15, -0.1) is 0 Å². The molecule has 0 N–H and O–H groups in total. The van der Waals surface area contributed by atoms with E-state index in [1.54, 1.807) is 0 Å². The summed E-state index contributed by atoms with van der Waals surface area (Å²) in [5.74, 6) is 1.53. The fraction of sp³-hybridized carbons (Fsp3) is 0.0145. The second-order valence-electron chi connectivity index (χ2n) is 20.4. The van der Waals surface area contributed by atoms with Crippen molar-refractivity contribution < 1.29 is 13.3 Å². The van der Waals surface area contributed by atoms with Crippen LogP contribution in [-0.4, -0.2) is 13.7 Å². The van der Waals surface area contributed by atoms with Gasteiger partial charge in [0.1, 0.15) is 11.2 Å². The van der Waals surface area contributed by atoms with Gasteiger partial charge in [-0.1, -0.05) is 109 Å². The maximum absolute atomic E-state index is 6.69. The van der Waals surface area contributed by atoms with Crippen molar-refractivity contribution in [1.29, 1.82) is 0 Å². The Morgan fingerprint density at radius 3 is 1.45 bits per heavy atom. The van der Waals surface area contributed by atoms with Crippen LogP contribution in [0.15, 0.2) is 256 Å². The van der Waals surface area contributed by atoms with E-state index in [0.717, 1.165) is 106 Å². The van der Waals surface area contributed by atoms with Crippen molar-refractivity contribution in [1.82, 2.24) is 13.7 Å². The van der Waals surface area contributed by atoms with Gasteiger partial charge in [0.05, 0.1) is 62.4 Å². The summed E-state index contributed by atoms with van der Waals surface area (Å²) in [6.45, 7) is 0. The van der Waals surface area contributed by atoms with E-state index in [4.69, 9.17) is 13.3 Å². The Kier molecular flexibility index (Phi) is 7.68. The van der Waals surface area contributed by atoms with Gasteiger partial charge in [-0.05, 0) is 127 Å². The Morgan fingerprint density at radius 2 is 0.776 bits per heavy atom. The molecule has 354 valence electrons. The minimum Gasteiger partial charge on any atom is -0.461 e. The third-order valence-electron chi connectivity index (χ3n) is 16.8. The van der Waals surface area contributed by atoms with E-state index in [1.165, 1.54) is 49.0 Å². The fourth-order valence-electron chi connectivity index (χ4n) is 13.9. The zero-order valence-corrected chi connectivity index (χ0v) is 40.6. The lowest BCUT2D eigenvalue weighted by Crippen LogP contribution is -2.36. The zero-order valence-electron chi connectivity index (χ0n) is 40.6. The average molecular weight is 973 g/mol. The predicted molar refractivity (Wildman–Crippen MR) is 307 cm³/mol. The third-order valence-corrected chi connectivity index (χ3v) is 16.8. The standard InChI is InChI=1S/C69H40N4O3/c1-2-14-41(15-3-1)70-57-23-11-6-18-47(57)49-38-42(26-29-59(49)70)72-58-24-12-7-19-48(58)65-61(72)30-31-62-66(65)69(53-34-36-74-67(53)68-54(69)35-37-75-68)52-20-8-13-25-60(52)73(62)44-28-33-64-51(40-44)50-39-43(27-32-63(50)76-64)71-55-21-9-4-16-45(55)46-17-5-10-22-56(46)71/h1-40H. The highest BCUT2D eigenvalue weighted by molar-refractivity contribution is 6.18. The number of anilines is 3. The second kappa shape index (κ2) is 14.5. The van der Waals surface area contributed by atoms with Gasteiger partial charge in [-0.2, -0.15) is 0 Å². The largest absolute Gasteiger partial charge is 0.461 e. The lowest BCUT2D eigenvalue weighted by atomic mass is 9.64. The van der Waals surface area contributed by atoms with E-state index >= 15 is 0 Å².